The Hall–Kier alpha value is -2.40. The second-order valence-corrected chi connectivity index (χ2v) is 4.68. The third kappa shape index (κ3) is 2.12. The molecule has 20 heavy (non-hydrogen) atoms. The number of fused-ring (bicyclic) bond motifs is 1. The molecule has 0 aliphatic carbocycles. The van der Waals surface area contributed by atoms with Gasteiger partial charge in [-0.15, -0.1) is 0 Å². The van der Waals surface area contributed by atoms with E-state index >= 15 is 0 Å². The molecule has 0 fully saturated rings. The predicted molar refractivity (Wildman–Crippen MR) is 77.4 cm³/mol. The van der Waals surface area contributed by atoms with E-state index in [-0.39, 0.29) is 5.76 Å². The van der Waals surface area contributed by atoms with Crippen LogP contribution in [0.1, 0.15) is 5.69 Å². The molecule has 0 spiro atoms. The van der Waals surface area contributed by atoms with Crippen molar-refractivity contribution < 1.29 is 4.42 Å². The molecule has 1 N–H and O–H groups in total. The third-order valence-corrected chi connectivity index (χ3v) is 3.31. The SMILES string of the molecule is CNCc1ccc(-c2ccc3oc(=O)n(C)c3c2)cn1. The summed E-state index contributed by atoms with van der Waals surface area (Å²) < 4.78 is 6.63. The summed E-state index contributed by atoms with van der Waals surface area (Å²) >= 11 is 0. The highest BCUT2D eigenvalue weighted by Crippen LogP contribution is 2.23. The first-order chi connectivity index (χ1) is 9.69. The lowest BCUT2D eigenvalue weighted by Crippen LogP contribution is -2.08. The van der Waals surface area contributed by atoms with Gasteiger partial charge < -0.3 is 9.73 Å². The van der Waals surface area contributed by atoms with Gasteiger partial charge in [0.2, 0.25) is 0 Å². The van der Waals surface area contributed by atoms with E-state index in [4.69, 9.17) is 4.42 Å². The predicted octanol–water partition coefficient (Wildman–Crippen LogP) is 1.91. The van der Waals surface area contributed by atoms with E-state index < -0.39 is 0 Å². The minimum absolute atomic E-state index is 0.348. The molecule has 0 radical (unpaired) electrons. The zero-order valence-corrected chi connectivity index (χ0v) is 11.4. The van der Waals surface area contributed by atoms with E-state index in [1.165, 1.54) is 4.57 Å². The zero-order chi connectivity index (χ0) is 14.1. The van der Waals surface area contributed by atoms with Crippen molar-refractivity contribution in [2.75, 3.05) is 7.05 Å². The number of pyridine rings is 1. The first-order valence-corrected chi connectivity index (χ1v) is 6.38. The van der Waals surface area contributed by atoms with Gasteiger partial charge in [0.05, 0.1) is 11.2 Å². The Bertz CT molecular complexity index is 800. The van der Waals surface area contributed by atoms with Crippen LogP contribution in [0.5, 0.6) is 0 Å². The second-order valence-electron chi connectivity index (χ2n) is 4.68. The molecule has 0 unspecified atom stereocenters. The first-order valence-electron chi connectivity index (χ1n) is 6.38. The molecule has 2 aromatic heterocycles. The molecule has 0 bridgehead atoms. The number of benzene rings is 1. The molecular formula is C15H15N3O2. The number of aromatic nitrogens is 2. The van der Waals surface area contributed by atoms with E-state index in [0.29, 0.717) is 5.58 Å². The lowest BCUT2D eigenvalue weighted by molar-refractivity contribution is 0.528. The lowest BCUT2D eigenvalue weighted by Gasteiger charge is -2.04. The van der Waals surface area contributed by atoms with Crippen molar-refractivity contribution >= 4 is 11.1 Å². The summed E-state index contributed by atoms with van der Waals surface area (Å²) in [6.07, 6.45) is 1.84. The smallest absolute Gasteiger partial charge is 0.408 e. The molecule has 3 aromatic rings. The molecule has 2 heterocycles. The van der Waals surface area contributed by atoms with Crippen molar-refractivity contribution in [2.45, 2.75) is 6.54 Å². The van der Waals surface area contributed by atoms with Gasteiger partial charge in [-0.2, -0.15) is 0 Å². The summed E-state index contributed by atoms with van der Waals surface area (Å²) in [5.41, 5.74) is 4.40. The third-order valence-electron chi connectivity index (χ3n) is 3.31. The summed E-state index contributed by atoms with van der Waals surface area (Å²) in [4.78, 5) is 15.9. The van der Waals surface area contributed by atoms with Crippen LogP contribution in [-0.4, -0.2) is 16.6 Å². The fourth-order valence-electron chi connectivity index (χ4n) is 2.19. The van der Waals surface area contributed by atoms with Crippen LogP contribution in [0.3, 0.4) is 0 Å². The Kier molecular flexibility index (Phi) is 3.12. The Morgan fingerprint density at radius 3 is 2.75 bits per heavy atom. The standard InChI is InChI=1S/C15H15N3O2/c1-16-9-12-5-3-11(8-17-12)10-4-6-14-13(7-10)18(2)15(19)20-14/h3-8,16H,9H2,1-2H3. The second kappa shape index (κ2) is 4.94. The molecule has 1 aromatic carbocycles. The van der Waals surface area contributed by atoms with Crippen LogP contribution < -0.4 is 11.1 Å². The Labute approximate surface area is 115 Å². The normalized spacial score (nSPS) is 11.1. The molecule has 102 valence electrons. The van der Waals surface area contributed by atoms with Gasteiger partial charge in [-0.05, 0) is 30.8 Å². The van der Waals surface area contributed by atoms with Gasteiger partial charge in [-0.25, -0.2) is 4.79 Å². The highest BCUT2D eigenvalue weighted by Gasteiger charge is 2.07. The van der Waals surface area contributed by atoms with E-state index in [1.807, 2.05) is 43.6 Å². The van der Waals surface area contributed by atoms with Crippen molar-refractivity contribution in [3.8, 4) is 11.1 Å². The Balaban J connectivity index is 2.05. The summed E-state index contributed by atoms with van der Waals surface area (Å²) in [5.74, 6) is -0.348. The van der Waals surface area contributed by atoms with Crippen molar-refractivity contribution in [1.82, 2.24) is 14.9 Å². The minimum atomic E-state index is -0.348. The van der Waals surface area contributed by atoms with E-state index in [9.17, 15) is 4.79 Å². The van der Waals surface area contributed by atoms with E-state index in [2.05, 4.69) is 10.3 Å². The molecule has 5 heteroatoms. The van der Waals surface area contributed by atoms with Gasteiger partial charge in [-0.3, -0.25) is 9.55 Å². The number of rotatable bonds is 3. The highest BCUT2D eigenvalue weighted by molar-refractivity contribution is 5.80. The maximum atomic E-state index is 11.5. The molecular weight excluding hydrogens is 254 g/mol. The molecule has 0 atom stereocenters. The van der Waals surface area contributed by atoms with Crippen LogP contribution in [0.2, 0.25) is 0 Å². The minimum Gasteiger partial charge on any atom is -0.408 e. The number of hydrogen-bond donors (Lipinski definition) is 1. The summed E-state index contributed by atoms with van der Waals surface area (Å²) in [7, 11) is 3.59. The van der Waals surface area contributed by atoms with Crippen molar-refractivity contribution in [3.63, 3.8) is 0 Å². The molecule has 0 aliphatic rings. The highest BCUT2D eigenvalue weighted by atomic mass is 16.4. The van der Waals surface area contributed by atoms with Gasteiger partial charge in [0.1, 0.15) is 0 Å². The fraction of sp³-hybridized carbons (Fsp3) is 0.200. The summed E-state index contributed by atoms with van der Waals surface area (Å²) in [6.45, 7) is 0.746. The molecule has 0 amide bonds. The zero-order valence-electron chi connectivity index (χ0n) is 11.4. The van der Waals surface area contributed by atoms with Crippen LogP contribution in [0.4, 0.5) is 0 Å². The largest absolute Gasteiger partial charge is 0.419 e. The van der Waals surface area contributed by atoms with Gasteiger partial charge in [0.15, 0.2) is 5.58 Å². The van der Waals surface area contributed by atoms with E-state index in [1.54, 1.807) is 7.05 Å². The van der Waals surface area contributed by atoms with Crippen LogP contribution in [0, 0.1) is 0 Å². The average molecular weight is 269 g/mol. The molecule has 0 saturated heterocycles. The molecule has 0 saturated carbocycles. The van der Waals surface area contributed by atoms with Crippen LogP contribution in [0.25, 0.3) is 22.2 Å². The molecule has 3 rings (SSSR count). The van der Waals surface area contributed by atoms with Crippen molar-refractivity contribution in [3.05, 3.63) is 52.8 Å². The van der Waals surface area contributed by atoms with Crippen molar-refractivity contribution in [2.24, 2.45) is 7.05 Å². The number of nitrogens with one attached hydrogen (secondary N) is 1. The van der Waals surface area contributed by atoms with Gasteiger partial charge >= 0.3 is 5.76 Å². The maximum absolute atomic E-state index is 11.5. The number of nitrogens with zero attached hydrogens (tertiary/aromatic N) is 2. The molecule has 5 nitrogen and oxygen atoms in total. The van der Waals surface area contributed by atoms with E-state index in [0.717, 1.165) is 28.9 Å². The average Bonchev–Trinajstić information content (AvgIpc) is 2.75. The summed E-state index contributed by atoms with van der Waals surface area (Å²) in [5, 5.41) is 3.06. The summed E-state index contributed by atoms with van der Waals surface area (Å²) in [6, 6.07) is 9.70. The topological polar surface area (TPSA) is 60.1 Å². The van der Waals surface area contributed by atoms with Gasteiger partial charge in [0, 0.05) is 25.4 Å². The molecule has 0 aliphatic heterocycles. The number of aryl methyl sites for hydroxylation is 1. The number of oxazole rings is 1. The number of hydrogen-bond acceptors (Lipinski definition) is 4. The Morgan fingerprint density at radius 1 is 1.25 bits per heavy atom. The quantitative estimate of drug-likeness (QED) is 0.789. The lowest BCUT2D eigenvalue weighted by atomic mass is 10.1. The maximum Gasteiger partial charge on any atom is 0.419 e. The van der Waals surface area contributed by atoms with Gasteiger partial charge in [0.25, 0.3) is 0 Å². The van der Waals surface area contributed by atoms with Gasteiger partial charge in [-0.1, -0.05) is 12.1 Å². The van der Waals surface area contributed by atoms with Crippen LogP contribution in [-0.2, 0) is 13.6 Å². The fourth-order valence-corrected chi connectivity index (χ4v) is 2.19. The van der Waals surface area contributed by atoms with Crippen LogP contribution >= 0.6 is 0 Å². The Morgan fingerprint density at radius 2 is 2.05 bits per heavy atom. The van der Waals surface area contributed by atoms with Crippen LogP contribution in [0.15, 0.2) is 45.7 Å². The first kappa shape index (κ1) is 12.6. The van der Waals surface area contributed by atoms with Crippen molar-refractivity contribution in [1.29, 1.82) is 0 Å². The monoisotopic (exact) mass is 269 g/mol.